The van der Waals surface area contributed by atoms with Crippen LogP contribution in [-0.2, 0) is 4.74 Å². The first-order valence-electron chi connectivity index (χ1n) is 9.42. The second-order valence-corrected chi connectivity index (χ2v) is 7.18. The van der Waals surface area contributed by atoms with Crippen LogP contribution in [0.25, 0.3) is 0 Å². The van der Waals surface area contributed by atoms with E-state index in [1.807, 2.05) is 0 Å². The molecule has 1 aromatic rings. The van der Waals surface area contributed by atoms with Gasteiger partial charge in [-0.3, -0.25) is 0 Å². The molecular formula is C20H30ClN3O. The van der Waals surface area contributed by atoms with Crippen molar-refractivity contribution in [1.82, 2.24) is 4.90 Å². The zero-order chi connectivity index (χ0) is 18.1. The Morgan fingerprint density at radius 1 is 1.16 bits per heavy atom. The van der Waals surface area contributed by atoms with E-state index < -0.39 is 0 Å². The first-order valence-corrected chi connectivity index (χ1v) is 9.80. The molecule has 138 valence electrons. The van der Waals surface area contributed by atoms with E-state index in [1.165, 1.54) is 24.9 Å². The summed E-state index contributed by atoms with van der Waals surface area (Å²) in [6.45, 7) is 9.87. The van der Waals surface area contributed by atoms with Gasteiger partial charge in [0.25, 0.3) is 6.26 Å². The highest BCUT2D eigenvalue weighted by atomic mass is 35.5. The fourth-order valence-corrected chi connectivity index (χ4v) is 3.68. The molecule has 0 radical (unpaired) electrons. The fourth-order valence-electron chi connectivity index (χ4n) is 3.44. The second-order valence-electron chi connectivity index (χ2n) is 6.80. The molecule has 1 heterocycles. The first-order chi connectivity index (χ1) is 12.2. The Hall–Kier alpha value is -1.44. The Morgan fingerprint density at radius 3 is 2.44 bits per heavy atom. The number of nitrogens with zero attached hydrogens (tertiary/aromatic N) is 3. The van der Waals surface area contributed by atoms with E-state index in [9.17, 15) is 0 Å². The predicted octanol–water partition coefficient (Wildman–Crippen LogP) is 4.61. The summed E-state index contributed by atoms with van der Waals surface area (Å²) < 4.78 is 4.79. The molecule has 2 aliphatic rings. The molecule has 0 amide bonds. The summed E-state index contributed by atoms with van der Waals surface area (Å²) in [7, 11) is 0. The van der Waals surface area contributed by atoms with Gasteiger partial charge in [0.1, 0.15) is 6.10 Å². The van der Waals surface area contributed by atoms with E-state index in [-0.39, 0.29) is 6.10 Å². The van der Waals surface area contributed by atoms with Crippen molar-refractivity contribution in [2.75, 3.05) is 37.6 Å². The number of likely N-dealkylation sites (N-methyl/N-ethyl adjacent to an activating group) is 1. The van der Waals surface area contributed by atoms with E-state index in [4.69, 9.17) is 21.6 Å². The van der Waals surface area contributed by atoms with Crippen LogP contribution >= 0.6 is 11.6 Å². The lowest BCUT2D eigenvalue weighted by Crippen LogP contribution is -2.46. The first kappa shape index (κ1) is 19.9. The van der Waals surface area contributed by atoms with Crippen LogP contribution < -0.4 is 4.90 Å². The zero-order valence-electron chi connectivity index (χ0n) is 15.5. The summed E-state index contributed by atoms with van der Waals surface area (Å²) in [5, 5.41) is 9.06. The van der Waals surface area contributed by atoms with E-state index in [1.54, 1.807) is 6.26 Å². The van der Waals surface area contributed by atoms with Crippen molar-refractivity contribution in [2.24, 2.45) is 0 Å². The minimum atomic E-state index is 0.240. The third-order valence-electron chi connectivity index (χ3n) is 5.10. The number of piperazine rings is 1. The summed E-state index contributed by atoms with van der Waals surface area (Å²) in [5.74, 6) is 0. The van der Waals surface area contributed by atoms with E-state index in [2.05, 4.69) is 41.8 Å². The highest BCUT2D eigenvalue weighted by molar-refractivity contribution is 6.34. The molecule has 1 saturated carbocycles. The van der Waals surface area contributed by atoms with Crippen molar-refractivity contribution < 1.29 is 4.74 Å². The van der Waals surface area contributed by atoms with Crippen LogP contribution in [-0.4, -0.2) is 43.7 Å². The summed E-state index contributed by atoms with van der Waals surface area (Å²) in [5.41, 5.74) is 2.36. The van der Waals surface area contributed by atoms with Crippen LogP contribution in [0.2, 0.25) is 5.02 Å². The molecular weight excluding hydrogens is 334 g/mol. The Morgan fingerprint density at radius 2 is 1.84 bits per heavy atom. The lowest BCUT2D eigenvalue weighted by Gasteiger charge is -2.36. The number of ether oxygens (including phenoxy) is 1. The zero-order valence-corrected chi connectivity index (χ0v) is 16.3. The van der Waals surface area contributed by atoms with Gasteiger partial charge in [-0.05, 0) is 50.8 Å². The molecule has 0 unspecified atom stereocenters. The minimum absolute atomic E-state index is 0.240. The molecule has 0 bridgehead atoms. The van der Waals surface area contributed by atoms with Crippen LogP contribution in [0.15, 0.2) is 18.2 Å². The number of nitriles is 1. The van der Waals surface area contributed by atoms with Gasteiger partial charge in [0, 0.05) is 26.2 Å². The van der Waals surface area contributed by atoms with Crippen molar-refractivity contribution in [3.05, 3.63) is 28.8 Å². The average Bonchev–Trinajstić information content (AvgIpc) is 2.66. The minimum Gasteiger partial charge on any atom is -0.424 e. The largest absolute Gasteiger partial charge is 0.424 e. The van der Waals surface area contributed by atoms with Gasteiger partial charge in [-0.25, -0.2) is 0 Å². The van der Waals surface area contributed by atoms with Gasteiger partial charge in [0.15, 0.2) is 0 Å². The molecule has 2 fully saturated rings. The van der Waals surface area contributed by atoms with Crippen molar-refractivity contribution in [2.45, 2.75) is 52.1 Å². The highest BCUT2D eigenvalue weighted by Gasteiger charge is 2.18. The third kappa shape index (κ3) is 6.09. The van der Waals surface area contributed by atoms with Crippen LogP contribution in [0.3, 0.4) is 0 Å². The van der Waals surface area contributed by atoms with Crippen LogP contribution in [0.1, 0.15) is 44.6 Å². The summed E-state index contributed by atoms with van der Waals surface area (Å²) in [6, 6.07) is 6.27. The summed E-state index contributed by atoms with van der Waals surface area (Å²) >= 11 is 6.34. The van der Waals surface area contributed by atoms with E-state index in [0.29, 0.717) is 0 Å². The molecule has 0 N–H and O–H groups in total. The fraction of sp³-hybridized carbons (Fsp3) is 0.650. The van der Waals surface area contributed by atoms with Gasteiger partial charge in [-0.1, -0.05) is 37.1 Å². The monoisotopic (exact) mass is 363 g/mol. The van der Waals surface area contributed by atoms with Crippen molar-refractivity contribution >= 4 is 17.3 Å². The smallest absolute Gasteiger partial charge is 0.286 e. The molecule has 1 saturated heterocycles. The molecule has 25 heavy (non-hydrogen) atoms. The second kappa shape index (κ2) is 10.5. The lowest BCUT2D eigenvalue weighted by molar-refractivity contribution is 0.120. The standard InChI is InChI=1S/C13H19ClN2.C7H11NO/c1-3-15-7-9-16(10-8-15)12-6-4-5-11(2)13(12)14;8-6-9-7-4-2-1-3-5-7/h4-6H,3,7-10H2,1-2H3;7H,1-5H2. The molecule has 1 aromatic carbocycles. The van der Waals surface area contributed by atoms with Crippen LogP contribution in [0.5, 0.6) is 0 Å². The van der Waals surface area contributed by atoms with Crippen molar-refractivity contribution in [1.29, 1.82) is 5.26 Å². The highest BCUT2D eigenvalue weighted by Crippen LogP contribution is 2.29. The molecule has 5 heteroatoms. The van der Waals surface area contributed by atoms with Crippen LogP contribution in [0, 0.1) is 18.4 Å². The molecule has 3 rings (SSSR count). The van der Waals surface area contributed by atoms with Crippen molar-refractivity contribution in [3.63, 3.8) is 0 Å². The SMILES string of the molecule is CCN1CCN(c2cccc(C)c2Cl)CC1.N#COC1CCCCC1. The number of aryl methyl sites for hydroxylation is 1. The lowest BCUT2D eigenvalue weighted by atomic mass is 9.98. The van der Waals surface area contributed by atoms with Gasteiger partial charge in [-0.2, -0.15) is 5.26 Å². The number of benzene rings is 1. The number of anilines is 1. The van der Waals surface area contributed by atoms with E-state index in [0.717, 1.165) is 56.2 Å². The van der Waals surface area contributed by atoms with Gasteiger partial charge in [0.05, 0.1) is 10.7 Å². The third-order valence-corrected chi connectivity index (χ3v) is 5.59. The van der Waals surface area contributed by atoms with Crippen LogP contribution in [0.4, 0.5) is 5.69 Å². The summed E-state index contributed by atoms with van der Waals surface area (Å²) in [4.78, 5) is 4.86. The Bertz CT molecular complexity index is 559. The quantitative estimate of drug-likeness (QED) is 0.735. The Labute approximate surface area is 157 Å². The number of rotatable bonds is 3. The van der Waals surface area contributed by atoms with Gasteiger partial charge >= 0.3 is 0 Å². The van der Waals surface area contributed by atoms with Gasteiger partial charge < -0.3 is 14.5 Å². The molecule has 0 aromatic heterocycles. The number of halogens is 1. The Kier molecular flexibility index (Phi) is 8.37. The van der Waals surface area contributed by atoms with Gasteiger partial charge in [-0.15, -0.1) is 0 Å². The molecule has 1 aliphatic heterocycles. The normalized spacial score (nSPS) is 18.9. The topological polar surface area (TPSA) is 39.5 Å². The summed E-state index contributed by atoms with van der Waals surface area (Å²) in [6.07, 6.45) is 7.90. The van der Waals surface area contributed by atoms with Gasteiger partial charge in [0.2, 0.25) is 0 Å². The average molecular weight is 364 g/mol. The maximum Gasteiger partial charge on any atom is 0.286 e. The maximum absolute atomic E-state index is 8.15. The predicted molar refractivity (Wildman–Crippen MR) is 104 cm³/mol. The van der Waals surface area contributed by atoms with E-state index >= 15 is 0 Å². The Balaban J connectivity index is 0.000000212. The number of hydrogen-bond acceptors (Lipinski definition) is 4. The maximum atomic E-state index is 8.15. The molecule has 1 aliphatic carbocycles. The van der Waals surface area contributed by atoms with Crippen molar-refractivity contribution in [3.8, 4) is 6.26 Å². The number of hydrogen-bond donors (Lipinski definition) is 0. The molecule has 0 spiro atoms. The molecule has 4 nitrogen and oxygen atoms in total. The molecule has 0 atom stereocenters.